The Hall–Kier alpha value is -3.24. The first-order valence-corrected chi connectivity index (χ1v) is 9.26. The van der Waals surface area contributed by atoms with Gasteiger partial charge >= 0.3 is 0 Å². The van der Waals surface area contributed by atoms with Crippen molar-refractivity contribution >= 4 is 17.4 Å². The summed E-state index contributed by atoms with van der Waals surface area (Å²) < 4.78 is 0. The van der Waals surface area contributed by atoms with Crippen LogP contribution in [0.4, 0.5) is 5.69 Å². The van der Waals surface area contributed by atoms with Crippen molar-refractivity contribution < 1.29 is 14.7 Å². The van der Waals surface area contributed by atoms with Crippen molar-refractivity contribution in [1.82, 2.24) is 0 Å². The smallest absolute Gasteiger partial charge is 0.265 e. The van der Waals surface area contributed by atoms with E-state index in [4.69, 9.17) is 0 Å². The van der Waals surface area contributed by atoms with Gasteiger partial charge in [-0.05, 0) is 24.1 Å². The SMILES string of the molecule is CC(=O)[C@@H](c1ccccc1)[C@@]1(O)C(=O)N(Cc2ccccc2)c2ccccc21. The van der Waals surface area contributed by atoms with Gasteiger partial charge in [0.2, 0.25) is 0 Å². The van der Waals surface area contributed by atoms with Gasteiger partial charge in [-0.3, -0.25) is 9.59 Å². The Bertz CT molecular complexity index is 1020. The maximum atomic E-state index is 13.5. The Kier molecular flexibility index (Phi) is 4.57. The van der Waals surface area contributed by atoms with Gasteiger partial charge in [0.25, 0.3) is 5.91 Å². The van der Waals surface area contributed by atoms with E-state index in [1.165, 1.54) is 6.92 Å². The van der Waals surface area contributed by atoms with Gasteiger partial charge in [0.1, 0.15) is 5.78 Å². The average molecular weight is 371 g/mol. The third-order valence-corrected chi connectivity index (χ3v) is 5.32. The minimum Gasteiger partial charge on any atom is -0.374 e. The number of Topliss-reactive ketones (excluding diaryl/α,β-unsaturated/α-hetero) is 1. The summed E-state index contributed by atoms with van der Waals surface area (Å²) in [6.07, 6.45) is 0. The van der Waals surface area contributed by atoms with Crippen LogP contribution in [0.3, 0.4) is 0 Å². The number of benzene rings is 3. The van der Waals surface area contributed by atoms with E-state index in [1.807, 2.05) is 60.7 Å². The lowest BCUT2D eigenvalue weighted by Crippen LogP contribution is -2.46. The molecule has 3 aromatic carbocycles. The van der Waals surface area contributed by atoms with Crippen LogP contribution < -0.4 is 4.90 Å². The summed E-state index contributed by atoms with van der Waals surface area (Å²) in [5.74, 6) is -1.69. The highest BCUT2D eigenvalue weighted by atomic mass is 16.3. The summed E-state index contributed by atoms with van der Waals surface area (Å²) in [6.45, 7) is 1.75. The lowest BCUT2D eigenvalue weighted by molar-refractivity contribution is -0.144. The number of amides is 1. The lowest BCUT2D eigenvalue weighted by atomic mass is 9.76. The van der Waals surface area contributed by atoms with Gasteiger partial charge in [-0.1, -0.05) is 78.9 Å². The second-order valence-corrected chi connectivity index (χ2v) is 7.11. The Balaban J connectivity index is 1.85. The molecule has 0 saturated heterocycles. The summed E-state index contributed by atoms with van der Waals surface area (Å²) >= 11 is 0. The molecule has 0 fully saturated rings. The molecule has 1 amide bonds. The van der Waals surface area contributed by atoms with Gasteiger partial charge in [-0.25, -0.2) is 0 Å². The Labute approximate surface area is 164 Å². The standard InChI is InChI=1S/C24H21NO3/c1-17(26)22(19-12-6-3-7-13-19)24(28)20-14-8-9-15-21(20)25(23(24)27)16-18-10-4-2-5-11-18/h2-15,22,28H,16H2,1H3/t22-,24+/m0/s1. The molecule has 0 bridgehead atoms. The van der Waals surface area contributed by atoms with Crippen molar-refractivity contribution in [2.75, 3.05) is 4.90 Å². The van der Waals surface area contributed by atoms with Crippen LogP contribution in [0.5, 0.6) is 0 Å². The van der Waals surface area contributed by atoms with Crippen LogP contribution in [0.2, 0.25) is 0 Å². The third-order valence-electron chi connectivity index (χ3n) is 5.32. The topological polar surface area (TPSA) is 57.6 Å². The first kappa shape index (κ1) is 18.1. The fourth-order valence-corrected chi connectivity index (χ4v) is 4.08. The number of ketones is 1. The fraction of sp³-hybridized carbons (Fsp3) is 0.167. The van der Waals surface area contributed by atoms with Crippen molar-refractivity contribution in [2.45, 2.75) is 25.0 Å². The normalized spacial score (nSPS) is 19.4. The van der Waals surface area contributed by atoms with E-state index in [0.29, 0.717) is 23.4 Å². The Morgan fingerprint density at radius 3 is 2.14 bits per heavy atom. The minimum absolute atomic E-state index is 0.251. The molecule has 0 unspecified atom stereocenters. The molecule has 0 spiro atoms. The maximum Gasteiger partial charge on any atom is 0.265 e. The zero-order valence-corrected chi connectivity index (χ0v) is 15.6. The van der Waals surface area contributed by atoms with Gasteiger partial charge in [0.15, 0.2) is 5.60 Å². The van der Waals surface area contributed by atoms with Crippen LogP contribution in [0.1, 0.15) is 29.5 Å². The Morgan fingerprint density at radius 1 is 0.929 bits per heavy atom. The molecule has 1 N–H and O–H groups in total. The fourth-order valence-electron chi connectivity index (χ4n) is 4.08. The molecule has 0 aromatic heterocycles. The van der Waals surface area contributed by atoms with Gasteiger partial charge < -0.3 is 10.0 Å². The molecule has 0 aliphatic carbocycles. The summed E-state index contributed by atoms with van der Waals surface area (Å²) in [5.41, 5.74) is 0.760. The molecule has 1 heterocycles. The number of para-hydroxylation sites is 1. The quantitative estimate of drug-likeness (QED) is 0.742. The highest BCUT2D eigenvalue weighted by molar-refractivity contribution is 6.10. The molecule has 2 atom stereocenters. The predicted octanol–water partition coefficient (Wildman–Crippen LogP) is 3.79. The van der Waals surface area contributed by atoms with E-state index >= 15 is 0 Å². The molecule has 0 radical (unpaired) electrons. The highest BCUT2D eigenvalue weighted by Crippen LogP contribution is 2.48. The number of anilines is 1. The summed E-state index contributed by atoms with van der Waals surface area (Å²) in [4.78, 5) is 27.7. The van der Waals surface area contributed by atoms with Crippen LogP contribution in [0.15, 0.2) is 84.9 Å². The number of carbonyl (C=O) groups is 2. The number of carbonyl (C=O) groups excluding carboxylic acids is 2. The van der Waals surface area contributed by atoms with Crippen molar-refractivity contribution in [3.8, 4) is 0 Å². The van der Waals surface area contributed by atoms with Gasteiger partial charge in [-0.15, -0.1) is 0 Å². The second-order valence-electron chi connectivity index (χ2n) is 7.11. The van der Waals surface area contributed by atoms with Crippen LogP contribution >= 0.6 is 0 Å². The van der Waals surface area contributed by atoms with Crippen molar-refractivity contribution in [3.63, 3.8) is 0 Å². The molecule has 4 rings (SSSR count). The van der Waals surface area contributed by atoms with Crippen molar-refractivity contribution in [3.05, 3.63) is 102 Å². The van der Waals surface area contributed by atoms with E-state index in [0.717, 1.165) is 5.56 Å². The molecule has 140 valence electrons. The zero-order chi connectivity index (χ0) is 19.7. The molecule has 0 saturated carbocycles. The van der Waals surface area contributed by atoms with E-state index in [-0.39, 0.29) is 5.78 Å². The second kappa shape index (κ2) is 7.06. The number of fused-ring (bicyclic) bond motifs is 1. The third kappa shape index (κ3) is 2.83. The lowest BCUT2D eigenvalue weighted by Gasteiger charge is -2.30. The molecule has 4 nitrogen and oxygen atoms in total. The Morgan fingerprint density at radius 2 is 1.50 bits per heavy atom. The van der Waals surface area contributed by atoms with Crippen LogP contribution in [-0.2, 0) is 21.7 Å². The largest absolute Gasteiger partial charge is 0.374 e. The molecule has 4 heteroatoms. The molecule has 1 aliphatic heterocycles. The van der Waals surface area contributed by atoms with E-state index in [2.05, 4.69) is 0 Å². The molecule has 28 heavy (non-hydrogen) atoms. The monoisotopic (exact) mass is 371 g/mol. The van der Waals surface area contributed by atoms with Crippen LogP contribution in [0.25, 0.3) is 0 Å². The number of hydrogen-bond donors (Lipinski definition) is 1. The van der Waals surface area contributed by atoms with Gasteiger partial charge in [0, 0.05) is 5.56 Å². The summed E-state index contributed by atoms with van der Waals surface area (Å²) in [5, 5.41) is 11.7. The summed E-state index contributed by atoms with van der Waals surface area (Å²) in [6, 6.07) is 25.8. The van der Waals surface area contributed by atoms with Gasteiger partial charge in [-0.2, -0.15) is 0 Å². The molecule has 3 aromatic rings. The molecular weight excluding hydrogens is 350 g/mol. The zero-order valence-electron chi connectivity index (χ0n) is 15.6. The van der Waals surface area contributed by atoms with Gasteiger partial charge in [0.05, 0.1) is 18.2 Å². The number of hydrogen-bond acceptors (Lipinski definition) is 3. The predicted molar refractivity (Wildman–Crippen MR) is 108 cm³/mol. The van der Waals surface area contributed by atoms with E-state index in [1.54, 1.807) is 29.2 Å². The molecule has 1 aliphatic rings. The average Bonchev–Trinajstić information content (AvgIpc) is 2.92. The highest BCUT2D eigenvalue weighted by Gasteiger charge is 2.56. The number of aliphatic hydroxyl groups is 1. The van der Waals surface area contributed by atoms with Crippen LogP contribution in [0, 0.1) is 0 Å². The van der Waals surface area contributed by atoms with Crippen molar-refractivity contribution in [2.24, 2.45) is 0 Å². The first-order chi connectivity index (χ1) is 13.5. The van der Waals surface area contributed by atoms with Crippen LogP contribution in [-0.4, -0.2) is 16.8 Å². The van der Waals surface area contributed by atoms with E-state index in [9.17, 15) is 14.7 Å². The minimum atomic E-state index is -1.93. The number of rotatable bonds is 5. The van der Waals surface area contributed by atoms with Crippen molar-refractivity contribution in [1.29, 1.82) is 0 Å². The van der Waals surface area contributed by atoms with E-state index < -0.39 is 17.4 Å². The maximum absolute atomic E-state index is 13.5. The summed E-state index contributed by atoms with van der Waals surface area (Å²) in [7, 11) is 0. The molecular formula is C24H21NO3. The number of nitrogens with zero attached hydrogens (tertiary/aromatic N) is 1. The first-order valence-electron chi connectivity index (χ1n) is 9.26.